The molecule has 0 aromatic heterocycles. The summed E-state index contributed by atoms with van der Waals surface area (Å²) in [4.78, 5) is 0. The van der Waals surface area contributed by atoms with Crippen LogP contribution in [0, 0.1) is 11.8 Å². The van der Waals surface area contributed by atoms with Gasteiger partial charge >= 0.3 is 0 Å². The lowest BCUT2D eigenvalue weighted by atomic mass is 9.85. The van der Waals surface area contributed by atoms with Crippen molar-refractivity contribution in [3.63, 3.8) is 0 Å². The molecule has 0 amide bonds. The molecule has 1 aliphatic heterocycles. The normalized spacial score (nSPS) is 26.3. The van der Waals surface area contributed by atoms with Crippen LogP contribution in [0.2, 0.25) is 45.3 Å². The second-order valence-corrected chi connectivity index (χ2v) is 21.4. The molecule has 4 atom stereocenters. The molecule has 160 valence electrons. The monoisotopic (exact) mass is 414 g/mol. The van der Waals surface area contributed by atoms with Crippen LogP contribution in [0.5, 0.6) is 0 Å². The minimum Gasteiger partial charge on any atom is -0.370 e. The predicted molar refractivity (Wildman–Crippen MR) is 123 cm³/mol. The molecule has 0 saturated carbocycles. The molecule has 0 aliphatic carbocycles. The minimum atomic E-state index is -1.23. The smallest absolute Gasteiger partial charge is 0.146 e. The van der Waals surface area contributed by atoms with Crippen molar-refractivity contribution in [3.05, 3.63) is 11.3 Å². The van der Waals surface area contributed by atoms with Gasteiger partial charge in [0.15, 0.2) is 0 Å². The summed E-state index contributed by atoms with van der Waals surface area (Å²) in [6, 6.07) is 1.19. The van der Waals surface area contributed by atoms with Crippen molar-refractivity contribution >= 4 is 16.1 Å². The first-order valence-electron chi connectivity index (χ1n) is 11.0. The van der Waals surface area contributed by atoms with Gasteiger partial charge in [-0.05, 0) is 36.8 Å². The Labute approximate surface area is 171 Å². The largest absolute Gasteiger partial charge is 0.370 e. The summed E-state index contributed by atoms with van der Waals surface area (Å²) in [5.41, 5.74) is 4.08. The minimum absolute atomic E-state index is 0.288. The maximum atomic E-state index is 6.62. The van der Waals surface area contributed by atoms with Crippen LogP contribution in [0.1, 0.15) is 40.0 Å². The fourth-order valence-corrected chi connectivity index (χ4v) is 5.86. The van der Waals surface area contributed by atoms with Crippen molar-refractivity contribution in [1.82, 2.24) is 0 Å². The van der Waals surface area contributed by atoms with Gasteiger partial charge in [-0.25, -0.2) is 0 Å². The fourth-order valence-electron chi connectivity index (χ4n) is 3.62. The first-order valence-corrected chi connectivity index (χ1v) is 18.2. The molecule has 0 radical (unpaired) electrons. The summed E-state index contributed by atoms with van der Waals surface area (Å²) >= 11 is 0. The van der Waals surface area contributed by atoms with E-state index in [1.807, 2.05) is 0 Å². The maximum absolute atomic E-state index is 6.62. The molecule has 0 aromatic rings. The Hall–Kier alpha value is 0.0538. The number of ether oxygens (including phenoxy) is 3. The van der Waals surface area contributed by atoms with Crippen LogP contribution < -0.4 is 0 Å². The van der Waals surface area contributed by atoms with Gasteiger partial charge in [-0.1, -0.05) is 65.8 Å². The van der Waals surface area contributed by atoms with Gasteiger partial charge in [0, 0.05) is 20.6 Å². The summed E-state index contributed by atoms with van der Waals surface area (Å²) in [6.07, 6.45) is 4.07. The molecule has 1 heterocycles. The molecular weight excluding hydrogens is 368 g/mol. The van der Waals surface area contributed by atoms with Crippen LogP contribution in [-0.4, -0.2) is 48.4 Å². The molecule has 1 rings (SSSR count). The summed E-state index contributed by atoms with van der Waals surface area (Å²) in [5.74, 6) is 1.02. The molecule has 0 aromatic carbocycles. The molecule has 1 fully saturated rings. The van der Waals surface area contributed by atoms with Crippen molar-refractivity contribution < 1.29 is 14.2 Å². The number of rotatable bonds is 11. The van der Waals surface area contributed by atoms with E-state index in [0.717, 1.165) is 26.1 Å². The first-order chi connectivity index (χ1) is 12.4. The van der Waals surface area contributed by atoms with Gasteiger partial charge < -0.3 is 14.2 Å². The Balaban J connectivity index is 2.47. The van der Waals surface area contributed by atoms with Crippen molar-refractivity contribution in [2.24, 2.45) is 11.8 Å². The van der Waals surface area contributed by atoms with Crippen LogP contribution in [-0.2, 0) is 14.2 Å². The maximum Gasteiger partial charge on any atom is 0.146 e. The lowest BCUT2D eigenvalue weighted by molar-refractivity contribution is -0.116. The van der Waals surface area contributed by atoms with Crippen LogP contribution in [0.4, 0.5) is 0 Å². The van der Waals surface area contributed by atoms with Crippen molar-refractivity contribution in [2.45, 2.75) is 97.6 Å². The highest BCUT2D eigenvalue weighted by molar-refractivity contribution is 6.81. The molecule has 0 spiro atoms. The standard InChI is InChI=1S/C22H46O3Si2/c1-10-20(16-27(7,8)9)22-18(2)11-12-21(25-22)19(3)15-24-17-23-13-14-26(4,5)6/h16,18-19,21-22H,10-15,17H2,1-9H3/b20-16+/t18-,19-,21+,22+/m0/s1. The molecule has 27 heavy (non-hydrogen) atoms. The van der Waals surface area contributed by atoms with Crippen LogP contribution in [0.3, 0.4) is 0 Å². The Morgan fingerprint density at radius 2 is 1.78 bits per heavy atom. The molecule has 1 aliphatic rings. The molecule has 0 N–H and O–H groups in total. The third-order valence-electron chi connectivity index (χ3n) is 5.32. The van der Waals surface area contributed by atoms with E-state index in [2.05, 4.69) is 65.8 Å². The van der Waals surface area contributed by atoms with Crippen LogP contribution in [0.15, 0.2) is 11.3 Å². The highest BCUT2D eigenvalue weighted by Crippen LogP contribution is 2.34. The Kier molecular flexibility index (Phi) is 10.5. The van der Waals surface area contributed by atoms with Crippen molar-refractivity contribution in [1.29, 1.82) is 0 Å². The lowest BCUT2D eigenvalue weighted by Gasteiger charge is -2.39. The van der Waals surface area contributed by atoms with Crippen LogP contribution >= 0.6 is 0 Å². The summed E-state index contributed by atoms with van der Waals surface area (Å²) < 4.78 is 18.1. The zero-order chi connectivity index (χ0) is 20.7. The molecule has 5 heteroatoms. The molecule has 0 unspecified atom stereocenters. The molecule has 1 saturated heterocycles. The van der Waals surface area contributed by atoms with Gasteiger partial charge in [0.1, 0.15) is 6.79 Å². The Morgan fingerprint density at radius 3 is 2.33 bits per heavy atom. The third kappa shape index (κ3) is 10.4. The van der Waals surface area contributed by atoms with E-state index in [-0.39, 0.29) is 6.10 Å². The average molecular weight is 415 g/mol. The van der Waals surface area contributed by atoms with Gasteiger partial charge in [-0.15, -0.1) is 0 Å². The topological polar surface area (TPSA) is 27.7 Å². The third-order valence-corrected chi connectivity index (χ3v) is 8.26. The number of hydrogen-bond donors (Lipinski definition) is 0. The lowest BCUT2D eigenvalue weighted by Crippen LogP contribution is -2.40. The van der Waals surface area contributed by atoms with E-state index in [0.29, 0.717) is 24.7 Å². The quantitative estimate of drug-likeness (QED) is 0.224. The van der Waals surface area contributed by atoms with Crippen molar-refractivity contribution in [2.75, 3.05) is 20.0 Å². The zero-order valence-corrected chi connectivity index (χ0v) is 21.6. The average Bonchev–Trinajstić information content (AvgIpc) is 2.54. The second kappa shape index (κ2) is 11.3. The van der Waals surface area contributed by atoms with Gasteiger partial charge in [0.25, 0.3) is 0 Å². The predicted octanol–water partition coefficient (Wildman–Crippen LogP) is 6.35. The van der Waals surface area contributed by atoms with Crippen LogP contribution in [0.25, 0.3) is 0 Å². The molecule has 0 bridgehead atoms. The van der Waals surface area contributed by atoms with Gasteiger partial charge in [-0.3, -0.25) is 0 Å². The fraction of sp³-hybridized carbons (Fsp3) is 0.909. The first kappa shape index (κ1) is 25.1. The number of hydrogen-bond acceptors (Lipinski definition) is 3. The Bertz CT molecular complexity index is 451. The van der Waals surface area contributed by atoms with E-state index < -0.39 is 16.1 Å². The van der Waals surface area contributed by atoms with Gasteiger partial charge in [0.05, 0.1) is 26.9 Å². The SMILES string of the molecule is CC/C(=C\[Si](C)(C)C)[C@@H]1O[C@@H]([C@@H](C)COCOCC[Si](C)(C)C)CC[C@@H]1C. The van der Waals surface area contributed by atoms with E-state index in [9.17, 15) is 0 Å². The van der Waals surface area contributed by atoms with E-state index in [1.54, 1.807) is 0 Å². The van der Waals surface area contributed by atoms with Crippen molar-refractivity contribution in [3.8, 4) is 0 Å². The molecule has 3 nitrogen and oxygen atoms in total. The van der Waals surface area contributed by atoms with E-state index >= 15 is 0 Å². The second-order valence-electron chi connectivity index (χ2n) is 10.8. The summed E-state index contributed by atoms with van der Waals surface area (Å²) in [6.45, 7) is 23.2. The van der Waals surface area contributed by atoms with Gasteiger partial charge in [0.2, 0.25) is 0 Å². The summed E-state index contributed by atoms with van der Waals surface area (Å²) in [7, 11) is -2.25. The molecular formula is C22H46O3Si2. The van der Waals surface area contributed by atoms with Gasteiger partial charge in [-0.2, -0.15) is 0 Å². The summed E-state index contributed by atoms with van der Waals surface area (Å²) in [5, 5.41) is 0. The highest BCUT2D eigenvalue weighted by Gasteiger charge is 2.33. The zero-order valence-electron chi connectivity index (χ0n) is 19.6. The van der Waals surface area contributed by atoms with E-state index in [1.165, 1.54) is 18.0 Å². The van der Waals surface area contributed by atoms with E-state index in [4.69, 9.17) is 14.2 Å². The Morgan fingerprint density at radius 1 is 1.11 bits per heavy atom. The highest BCUT2D eigenvalue weighted by atomic mass is 28.3.